The lowest BCUT2D eigenvalue weighted by Crippen LogP contribution is -2.21. The highest BCUT2D eigenvalue weighted by Gasteiger charge is 2.24. The lowest BCUT2D eigenvalue weighted by molar-refractivity contribution is 0.217. The van der Waals surface area contributed by atoms with E-state index in [4.69, 9.17) is 15.2 Å². The second-order valence-corrected chi connectivity index (χ2v) is 7.49. The summed E-state index contributed by atoms with van der Waals surface area (Å²) in [5.74, 6) is 2.05. The molecule has 3 rings (SSSR count). The Hall–Kier alpha value is -1.59. The molecule has 128 valence electrons. The predicted octanol–water partition coefficient (Wildman–Crippen LogP) is 4.72. The van der Waals surface area contributed by atoms with Gasteiger partial charge in [0.25, 0.3) is 0 Å². The average Bonchev–Trinajstić information content (AvgIpc) is 2.53. The molecule has 0 saturated carbocycles. The van der Waals surface area contributed by atoms with E-state index in [9.17, 15) is 0 Å². The SMILES string of the molecule is CC(COc1cc2c(cc1Br)-c1ccncc1C(C)O2)C[C@H](C)N. The first-order valence-corrected chi connectivity index (χ1v) is 9.08. The highest BCUT2D eigenvalue weighted by Crippen LogP contribution is 2.46. The molecule has 0 fully saturated rings. The fraction of sp³-hybridized carbons (Fsp3) is 0.421. The number of ether oxygens (including phenoxy) is 2. The molecule has 5 heteroatoms. The fourth-order valence-electron chi connectivity index (χ4n) is 3.12. The molecule has 4 nitrogen and oxygen atoms in total. The number of rotatable bonds is 5. The molecule has 0 radical (unpaired) electrons. The molecule has 0 spiro atoms. The van der Waals surface area contributed by atoms with Crippen molar-refractivity contribution in [2.75, 3.05) is 6.61 Å². The third-order valence-corrected chi connectivity index (χ3v) is 4.84. The summed E-state index contributed by atoms with van der Waals surface area (Å²) in [4.78, 5) is 4.21. The van der Waals surface area contributed by atoms with Gasteiger partial charge in [-0.1, -0.05) is 6.92 Å². The van der Waals surface area contributed by atoms with E-state index in [1.165, 1.54) is 0 Å². The summed E-state index contributed by atoms with van der Waals surface area (Å²) in [6.07, 6.45) is 4.61. The van der Waals surface area contributed by atoms with Crippen molar-refractivity contribution in [1.29, 1.82) is 0 Å². The van der Waals surface area contributed by atoms with E-state index in [-0.39, 0.29) is 12.1 Å². The van der Waals surface area contributed by atoms with Gasteiger partial charge in [-0.2, -0.15) is 0 Å². The van der Waals surface area contributed by atoms with Crippen LogP contribution in [0.25, 0.3) is 11.1 Å². The first kappa shape index (κ1) is 17.2. The number of hydrogen-bond donors (Lipinski definition) is 1. The number of aromatic nitrogens is 1. The maximum atomic E-state index is 6.06. The summed E-state index contributed by atoms with van der Waals surface area (Å²) in [5, 5.41) is 0. The maximum Gasteiger partial charge on any atom is 0.137 e. The van der Waals surface area contributed by atoms with Crippen LogP contribution in [-0.4, -0.2) is 17.6 Å². The smallest absolute Gasteiger partial charge is 0.137 e. The van der Waals surface area contributed by atoms with E-state index in [0.717, 1.165) is 39.1 Å². The summed E-state index contributed by atoms with van der Waals surface area (Å²) < 4.78 is 13.0. The topological polar surface area (TPSA) is 57.4 Å². The predicted molar refractivity (Wildman–Crippen MR) is 99.3 cm³/mol. The van der Waals surface area contributed by atoms with Crippen LogP contribution in [0.1, 0.15) is 38.9 Å². The van der Waals surface area contributed by atoms with Gasteiger partial charge in [0.2, 0.25) is 0 Å². The number of nitrogens with zero attached hydrogens (tertiary/aromatic N) is 1. The van der Waals surface area contributed by atoms with Crippen LogP contribution in [0, 0.1) is 5.92 Å². The summed E-state index contributed by atoms with van der Waals surface area (Å²) in [5.41, 5.74) is 9.19. The first-order valence-electron chi connectivity index (χ1n) is 8.28. The summed E-state index contributed by atoms with van der Waals surface area (Å²) in [6, 6.07) is 6.25. The van der Waals surface area contributed by atoms with Crippen molar-refractivity contribution in [1.82, 2.24) is 4.98 Å². The third kappa shape index (κ3) is 3.57. The van der Waals surface area contributed by atoms with E-state index in [0.29, 0.717) is 12.5 Å². The molecule has 0 aliphatic carbocycles. The van der Waals surface area contributed by atoms with Gasteiger partial charge < -0.3 is 15.2 Å². The molecular weight excluding hydrogens is 368 g/mol. The second kappa shape index (κ2) is 7.11. The zero-order valence-corrected chi connectivity index (χ0v) is 15.8. The Kier molecular flexibility index (Phi) is 5.11. The van der Waals surface area contributed by atoms with Crippen LogP contribution in [0.2, 0.25) is 0 Å². The zero-order chi connectivity index (χ0) is 17.3. The Balaban J connectivity index is 1.85. The Morgan fingerprint density at radius 1 is 1.33 bits per heavy atom. The highest BCUT2D eigenvalue weighted by atomic mass is 79.9. The molecule has 3 atom stereocenters. The normalized spacial score (nSPS) is 18.1. The van der Waals surface area contributed by atoms with Gasteiger partial charge in [-0.25, -0.2) is 0 Å². The van der Waals surface area contributed by atoms with Crippen LogP contribution >= 0.6 is 15.9 Å². The van der Waals surface area contributed by atoms with Gasteiger partial charge in [-0.15, -0.1) is 0 Å². The van der Waals surface area contributed by atoms with E-state index < -0.39 is 0 Å². The monoisotopic (exact) mass is 390 g/mol. The van der Waals surface area contributed by atoms with E-state index >= 15 is 0 Å². The van der Waals surface area contributed by atoms with Crippen LogP contribution in [0.5, 0.6) is 11.5 Å². The summed E-state index contributed by atoms with van der Waals surface area (Å²) >= 11 is 3.62. The van der Waals surface area contributed by atoms with Gasteiger partial charge in [0, 0.05) is 35.6 Å². The summed E-state index contributed by atoms with van der Waals surface area (Å²) in [6.45, 7) is 6.84. The van der Waals surface area contributed by atoms with Crippen LogP contribution in [0.4, 0.5) is 0 Å². The summed E-state index contributed by atoms with van der Waals surface area (Å²) in [7, 11) is 0. The number of halogens is 1. The highest BCUT2D eigenvalue weighted by molar-refractivity contribution is 9.10. The standard InChI is InChI=1S/C19H23BrN2O2/c1-11(6-12(2)21)10-23-19-8-18-15(7-17(19)20)14-4-5-22-9-16(14)13(3)24-18/h4-5,7-9,11-13H,6,10,21H2,1-3H3/t11?,12-,13?/m0/s1. The van der Waals surface area contributed by atoms with E-state index in [1.54, 1.807) is 0 Å². The zero-order valence-electron chi connectivity index (χ0n) is 14.3. The Labute approximate surface area is 151 Å². The van der Waals surface area contributed by atoms with Gasteiger partial charge in [0.05, 0.1) is 11.1 Å². The minimum Gasteiger partial charge on any atom is -0.492 e. The van der Waals surface area contributed by atoms with Gasteiger partial charge in [0.15, 0.2) is 0 Å². The molecule has 2 heterocycles. The molecule has 2 aromatic rings. The van der Waals surface area contributed by atoms with Crippen molar-refractivity contribution in [2.45, 2.75) is 39.3 Å². The number of benzene rings is 1. The molecule has 1 aromatic heterocycles. The Bertz CT molecular complexity index is 733. The van der Waals surface area contributed by atoms with Crippen LogP contribution in [-0.2, 0) is 0 Å². The minimum atomic E-state index is -0.0211. The van der Waals surface area contributed by atoms with Gasteiger partial charge in [0.1, 0.15) is 17.6 Å². The maximum absolute atomic E-state index is 6.06. The number of hydrogen-bond acceptors (Lipinski definition) is 4. The van der Waals surface area contributed by atoms with Crippen molar-refractivity contribution in [3.8, 4) is 22.6 Å². The fourth-order valence-corrected chi connectivity index (χ4v) is 3.58. The van der Waals surface area contributed by atoms with Crippen LogP contribution in [0.3, 0.4) is 0 Å². The lowest BCUT2D eigenvalue weighted by atomic mass is 9.95. The molecule has 1 aliphatic heterocycles. The van der Waals surface area contributed by atoms with Gasteiger partial charge >= 0.3 is 0 Å². The average molecular weight is 391 g/mol. The van der Waals surface area contributed by atoms with Crippen molar-refractivity contribution in [3.05, 3.63) is 40.6 Å². The van der Waals surface area contributed by atoms with Gasteiger partial charge in [-0.05, 0) is 59.8 Å². The molecule has 0 amide bonds. The van der Waals surface area contributed by atoms with Crippen molar-refractivity contribution < 1.29 is 9.47 Å². The molecule has 2 N–H and O–H groups in total. The van der Waals surface area contributed by atoms with Crippen molar-refractivity contribution in [3.63, 3.8) is 0 Å². The molecular formula is C19H23BrN2O2. The van der Waals surface area contributed by atoms with Crippen molar-refractivity contribution in [2.24, 2.45) is 11.7 Å². The van der Waals surface area contributed by atoms with E-state index in [1.807, 2.05) is 38.4 Å². The third-order valence-electron chi connectivity index (χ3n) is 4.22. The van der Waals surface area contributed by atoms with Gasteiger partial charge in [-0.3, -0.25) is 4.98 Å². The quantitative estimate of drug-likeness (QED) is 0.802. The number of fused-ring (bicyclic) bond motifs is 3. The van der Waals surface area contributed by atoms with Crippen LogP contribution in [0.15, 0.2) is 35.1 Å². The number of nitrogens with two attached hydrogens (primary N) is 1. The number of pyridine rings is 1. The second-order valence-electron chi connectivity index (χ2n) is 6.63. The largest absolute Gasteiger partial charge is 0.492 e. The van der Waals surface area contributed by atoms with E-state index in [2.05, 4.69) is 33.9 Å². The lowest BCUT2D eigenvalue weighted by Gasteiger charge is -2.27. The molecule has 1 aliphatic rings. The first-order chi connectivity index (χ1) is 11.5. The van der Waals surface area contributed by atoms with Crippen molar-refractivity contribution >= 4 is 15.9 Å². The molecule has 2 unspecified atom stereocenters. The Morgan fingerprint density at radius 2 is 2.12 bits per heavy atom. The molecule has 24 heavy (non-hydrogen) atoms. The minimum absolute atomic E-state index is 0.0211. The molecule has 1 aromatic carbocycles. The molecule has 0 saturated heterocycles. The molecule has 0 bridgehead atoms. The van der Waals surface area contributed by atoms with Crippen LogP contribution < -0.4 is 15.2 Å². The Morgan fingerprint density at radius 3 is 2.88 bits per heavy atom.